The molecule has 1 aromatic carbocycles. The van der Waals surface area contributed by atoms with Crippen LogP contribution in [0.5, 0.6) is 5.75 Å². The molecule has 0 aliphatic carbocycles. The summed E-state index contributed by atoms with van der Waals surface area (Å²) in [6.07, 6.45) is 1.54. The number of anilines is 1. The highest BCUT2D eigenvalue weighted by Crippen LogP contribution is 2.26. The van der Waals surface area contributed by atoms with E-state index in [4.69, 9.17) is 14.0 Å². The fourth-order valence-corrected chi connectivity index (χ4v) is 3.16. The van der Waals surface area contributed by atoms with Crippen molar-refractivity contribution in [2.45, 2.75) is 13.0 Å². The van der Waals surface area contributed by atoms with Crippen LogP contribution in [0.2, 0.25) is 0 Å². The highest BCUT2D eigenvalue weighted by Gasteiger charge is 2.33. The average molecular weight is 423 g/mol. The summed E-state index contributed by atoms with van der Waals surface area (Å²) < 4.78 is 16.6. The van der Waals surface area contributed by atoms with Crippen LogP contribution < -0.4 is 10.1 Å². The van der Waals surface area contributed by atoms with E-state index in [0.717, 1.165) is 0 Å². The first kappa shape index (κ1) is 20.5. The molecule has 31 heavy (non-hydrogen) atoms. The third kappa shape index (κ3) is 5.04. The molecule has 1 unspecified atom stereocenters. The average Bonchev–Trinajstić information content (AvgIpc) is 3.28. The molecule has 4 rings (SSSR count). The Morgan fingerprint density at radius 3 is 2.90 bits per heavy atom. The standard InChI is InChI=1S/C21H21N5O5/c1-14(27)23-18-11-15(7-8-22-18)20-24-21(31-25-20)17-12-29-10-9-26(17)19(28)13-30-16-5-3-2-4-6-16/h2-8,11,17H,9-10,12-13H2,1H3,(H,22,23,27). The Morgan fingerprint density at radius 1 is 1.26 bits per heavy atom. The van der Waals surface area contributed by atoms with Crippen molar-refractivity contribution in [3.05, 3.63) is 54.6 Å². The van der Waals surface area contributed by atoms with Gasteiger partial charge < -0.3 is 24.2 Å². The molecule has 1 fully saturated rings. The number of pyridine rings is 1. The van der Waals surface area contributed by atoms with Crippen molar-refractivity contribution in [3.8, 4) is 17.1 Å². The van der Waals surface area contributed by atoms with Crippen molar-refractivity contribution in [2.24, 2.45) is 0 Å². The van der Waals surface area contributed by atoms with Crippen LogP contribution in [-0.4, -0.2) is 58.2 Å². The van der Waals surface area contributed by atoms with E-state index in [0.29, 0.717) is 36.1 Å². The van der Waals surface area contributed by atoms with Crippen LogP contribution in [0.1, 0.15) is 18.9 Å². The number of rotatable bonds is 6. The van der Waals surface area contributed by atoms with Gasteiger partial charge in [0.05, 0.1) is 13.2 Å². The van der Waals surface area contributed by atoms with Gasteiger partial charge in [-0.15, -0.1) is 0 Å². The Balaban J connectivity index is 1.48. The molecule has 10 heteroatoms. The lowest BCUT2D eigenvalue weighted by Gasteiger charge is -2.33. The molecule has 0 bridgehead atoms. The minimum Gasteiger partial charge on any atom is -0.484 e. The van der Waals surface area contributed by atoms with E-state index < -0.39 is 6.04 Å². The van der Waals surface area contributed by atoms with Gasteiger partial charge in [-0.05, 0) is 24.3 Å². The van der Waals surface area contributed by atoms with E-state index in [1.54, 1.807) is 29.2 Å². The molecule has 2 aromatic heterocycles. The zero-order chi connectivity index (χ0) is 21.6. The summed E-state index contributed by atoms with van der Waals surface area (Å²) in [6.45, 7) is 2.34. The molecule has 0 spiro atoms. The van der Waals surface area contributed by atoms with Crippen molar-refractivity contribution in [1.29, 1.82) is 0 Å². The SMILES string of the molecule is CC(=O)Nc1cc(-c2noc(C3COCCN3C(=O)COc3ccccc3)n2)ccn1. The Bertz CT molecular complexity index is 1060. The number of carbonyl (C=O) groups is 2. The minimum atomic E-state index is -0.515. The van der Waals surface area contributed by atoms with Crippen molar-refractivity contribution in [3.63, 3.8) is 0 Å². The van der Waals surface area contributed by atoms with Crippen LogP contribution in [0.3, 0.4) is 0 Å². The number of hydrogen-bond acceptors (Lipinski definition) is 8. The third-order valence-electron chi connectivity index (χ3n) is 4.60. The summed E-state index contributed by atoms with van der Waals surface area (Å²) in [5.74, 6) is 1.15. The van der Waals surface area contributed by atoms with Crippen molar-refractivity contribution < 1.29 is 23.6 Å². The number of hydrogen-bond donors (Lipinski definition) is 1. The van der Waals surface area contributed by atoms with Crippen LogP contribution in [0.25, 0.3) is 11.4 Å². The smallest absolute Gasteiger partial charge is 0.261 e. The van der Waals surface area contributed by atoms with Crippen LogP contribution in [0, 0.1) is 0 Å². The second kappa shape index (κ2) is 9.35. The van der Waals surface area contributed by atoms with Gasteiger partial charge in [0, 0.05) is 25.2 Å². The van der Waals surface area contributed by atoms with Gasteiger partial charge in [-0.3, -0.25) is 9.59 Å². The molecule has 3 heterocycles. The van der Waals surface area contributed by atoms with Gasteiger partial charge in [-0.25, -0.2) is 4.98 Å². The van der Waals surface area contributed by atoms with Crippen LogP contribution in [0.15, 0.2) is 53.2 Å². The maximum Gasteiger partial charge on any atom is 0.261 e. The van der Waals surface area contributed by atoms with Crippen LogP contribution in [-0.2, 0) is 14.3 Å². The molecule has 0 saturated carbocycles. The maximum atomic E-state index is 12.8. The molecule has 1 aliphatic heterocycles. The maximum absolute atomic E-state index is 12.8. The zero-order valence-corrected chi connectivity index (χ0v) is 16.9. The number of amides is 2. The van der Waals surface area contributed by atoms with E-state index in [1.165, 1.54) is 13.1 Å². The topological polar surface area (TPSA) is 120 Å². The summed E-state index contributed by atoms with van der Waals surface area (Å²) in [4.78, 5) is 34.2. The first-order chi connectivity index (χ1) is 15.1. The molecule has 1 saturated heterocycles. The summed E-state index contributed by atoms with van der Waals surface area (Å²) in [7, 11) is 0. The molecule has 2 amide bonds. The van der Waals surface area contributed by atoms with Crippen molar-refractivity contribution in [1.82, 2.24) is 20.0 Å². The number of nitrogens with zero attached hydrogens (tertiary/aromatic N) is 4. The van der Waals surface area contributed by atoms with E-state index in [1.807, 2.05) is 18.2 Å². The molecule has 160 valence electrons. The lowest BCUT2D eigenvalue weighted by atomic mass is 10.2. The predicted molar refractivity (Wildman–Crippen MR) is 109 cm³/mol. The first-order valence-electron chi connectivity index (χ1n) is 9.73. The quantitative estimate of drug-likeness (QED) is 0.640. The van der Waals surface area contributed by atoms with E-state index in [9.17, 15) is 9.59 Å². The van der Waals surface area contributed by atoms with Gasteiger partial charge >= 0.3 is 0 Å². The predicted octanol–water partition coefficient (Wildman–Crippen LogP) is 2.07. The number of nitrogens with one attached hydrogen (secondary N) is 1. The lowest BCUT2D eigenvalue weighted by Crippen LogP contribution is -2.45. The molecule has 1 N–H and O–H groups in total. The first-order valence-corrected chi connectivity index (χ1v) is 9.73. The van der Waals surface area contributed by atoms with Crippen LogP contribution in [0.4, 0.5) is 5.82 Å². The van der Waals surface area contributed by atoms with E-state index in [-0.39, 0.29) is 30.9 Å². The minimum absolute atomic E-state index is 0.105. The van der Waals surface area contributed by atoms with E-state index >= 15 is 0 Å². The summed E-state index contributed by atoms with van der Waals surface area (Å²) in [6, 6.07) is 12.0. The van der Waals surface area contributed by atoms with Gasteiger partial charge in [0.25, 0.3) is 11.8 Å². The van der Waals surface area contributed by atoms with Crippen molar-refractivity contribution >= 4 is 17.6 Å². The highest BCUT2D eigenvalue weighted by molar-refractivity contribution is 5.88. The Kier molecular flexibility index (Phi) is 6.18. The summed E-state index contributed by atoms with van der Waals surface area (Å²) >= 11 is 0. The van der Waals surface area contributed by atoms with Gasteiger partial charge in [0.2, 0.25) is 11.7 Å². The van der Waals surface area contributed by atoms with Gasteiger partial charge in [0.1, 0.15) is 17.6 Å². The fraction of sp³-hybridized carbons (Fsp3) is 0.286. The monoisotopic (exact) mass is 423 g/mol. The Hall–Kier alpha value is -3.79. The summed E-state index contributed by atoms with van der Waals surface area (Å²) in [5.41, 5.74) is 0.621. The number of carbonyl (C=O) groups excluding carboxylic acids is 2. The van der Waals surface area contributed by atoms with Gasteiger partial charge in [0.15, 0.2) is 6.61 Å². The molecule has 10 nitrogen and oxygen atoms in total. The second-order valence-electron chi connectivity index (χ2n) is 6.85. The number of benzene rings is 1. The molecule has 3 aromatic rings. The van der Waals surface area contributed by atoms with Gasteiger partial charge in [-0.2, -0.15) is 4.98 Å². The Labute approximate surface area is 178 Å². The molecule has 0 radical (unpaired) electrons. The highest BCUT2D eigenvalue weighted by atomic mass is 16.5. The molecular formula is C21H21N5O5. The number of morpholine rings is 1. The summed E-state index contributed by atoms with van der Waals surface area (Å²) in [5, 5.41) is 6.63. The van der Waals surface area contributed by atoms with Gasteiger partial charge in [-0.1, -0.05) is 23.4 Å². The number of ether oxygens (including phenoxy) is 2. The Morgan fingerprint density at radius 2 is 2.10 bits per heavy atom. The number of para-hydroxylation sites is 1. The lowest BCUT2D eigenvalue weighted by molar-refractivity contribution is -0.143. The molecular weight excluding hydrogens is 402 g/mol. The van der Waals surface area contributed by atoms with Crippen molar-refractivity contribution in [2.75, 3.05) is 31.7 Å². The number of aromatic nitrogens is 3. The third-order valence-corrected chi connectivity index (χ3v) is 4.60. The normalized spacial score (nSPS) is 16.0. The van der Waals surface area contributed by atoms with Crippen LogP contribution >= 0.6 is 0 Å². The van der Waals surface area contributed by atoms with E-state index in [2.05, 4.69) is 20.4 Å². The fourth-order valence-electron chi connectivity index (χ4n) is 3.16. The molecule has 1 aliphatic rings. The zero-order valence-electron chi connectivity index (χ0n) is 16.9. The largest absolute Gasteiger partial charge is 0.484 e. The second-order valence-corrected chi connectivity index (χ2v) is 6.85. The molecule has 1 atom stereocenters.